The van der Waals surface area contributed by atoms with Gasteiger partial charge in [0.1, 0.15) is 0 Å². The molecule has 3 N–H and O–H groups in total. The predicted octanol–water partition coefficient (Wildman–Crippen LogP) is 0.784. The summed E-state index contributed by atoms with van der Waals surface area (Å²) in [5.41, 5.74) is 2.31. The Balaban J connectivity index is 0. The van der Waals surface area contributed by atoms with Crippen LogP contribution < -0.4 is 10.6 Å². The molecule has 0 aromatic rings. The monoisotopic (exact) mass is 401 g/mol. The zero-order chi connectivity index (χ0) is 13.5. The molecule has 0 aromatic carbocycles. The van der Waals surface area contributed by atoms with Crippen molar-refractivity contribution in [2.45, 2.75) is 19.3 Å². The number of carboxylic acids is 1. The summed E-state index contributed by atoms with van der Waals surface area (Å²) in [5, 5.41) is 13.9. The van der Waals surface area contributed by atoms with E-state index in [1.54, 1.807) is 11.8 Å². The van der Waals surface area contributed by atoms with Crippen LogP contribution in [0.5, 0.6) is 0 Å². The molecule has 0 aliphatic heterocycles. The normalized spacial score (nSPS) is 13.1. The van der Waals surface area contributed by atoms with Gasteiger partial charge in [-0.3, -0.25) is 4.79 Å². The Kier molecular flexibility index (Phi) is 12.2. The van der Waals surface area contributed by atoms with Gasteiger partial charge in [0.2, 0.25) is 0 Å². The number of hydrogen-bond acceptors (Lipinski definition) is 5. The van der Waals surface area contributed by atoms with Gasteiger partial charge in [0.05, 0.1) is 4.20 Å². The molecule has 0 saturated heterocycles. The van der Waals surface area contributed by atoms with Crippen molar-refractivity contribution in [2.24, 2.45) is 0 Å². The van der Waals surface area contributed by atoms with Crippen LogP contribution in [0.2, 0.25) is 0 Å². The molecule has 0 unspecified atom stereocenters. The Morgan fingerprint density at radius 2 is 2.00 bits per heavy atom. The minimum absolute atomic E-state index is 0. The van der Waals surface area contributed by atoms with Gasteiger partial charge < -0.3 is 21.2 Å². The summed E-state index contributed by atoms with van der Waals surface area (Å²) in [6.45, 7) is 0.794. The number of carbonyl (C=O) groups excluding carboxylic acids is 1. The summed E-state index contributed by atoms with van der Waals surface area (Å²) in [4.78, 5) is 21.1. The van der Waals surface area contributed by atoms with Gasteiger partial charge in [0, 0.05) is 18.8 Å². The van der Waals surface area contributed by atoms with E-state index < -0.39 is 11.9 Å². The smallest absolute Gasteiger partial charge is 2.00 e. The number of hydrogen-bond donors (Lipinski definition) is 3. The van der Waals surface area contributed by atoms with Crippen molar-refractivity contribution >= 4 is 40.1 Å². The zero-order valence-corrected chi connectivity index (χ0v) is 14.4. The van der Waals surface area contributed by atoms with Gasteiger partial charge in [-0.25, -0.2) is 4.79 Å². The summed E-state index contributed by atoms with van der Waals surface area (Å²) < 4.78 is 0.907. The molecule has 1 rings (SSSR count). The van der Waals surface area contributed by atoms with Gasteiger partial charge in [-0.15, -0.1) is 11.8 Å². The molecule has 0 saturated carbocycles. The molecular formula is C11H16N2O4S2Tc+2. The average molecular weight is 402 g/mol. The molecule has 0 bridgehead atoms. The van der Waals surface area contributed by atoms with E-state index in [1.807, 2.05) is 6.26 Å². The van der Waals surface area contributed by atoms with Crippen LogP contribution in [0.3, 0.4) is 0 Å². The van der Waals surface area contributed by atoms with Gasteiger partial charge >= 0.3 is 32.0 Å². The fraction of sp³-hybridized carbons (Fsp3) is 0.545. The molecule has 1 amide bonds. The first kappa shape index (κ1) is 21.8. The minimum Gasteiger partial charge on any atom is -2.00 e. The van der Waals surface area contributed by atoms with Gasteiger partial charge in [0.15, 0.2) is 0 Å². The fourth-order valence-corrected chi connectivity index (χ4v) is 2.45. The average Bonchev–Trinajstić information content (AvgIpc) is 2.81. The number of allylic oxidation sites excluding steroid dienone is 1. The zero-order valence-electron chi connectivity index (χ0n) is 10.9. The van der Waals surface area contributed by atoms with Crippen molar-refractivity contribution in [1.29, 1.82) is 0 Å². The fourth-order valence-electron chi connectivity index (χ4n) is 1.75. The van der Waals surface area contributed by atoms with Gasteiger partial charge in [0.25, 0.3) is 0 Å². The third-order valence-corrected chi connectivity index (χ3v) is 3.96. The van der Waals surface area contributed by atoms with Crippen LogP contribution in [0, 0.1) is 0 Å². The van der Waals surface area contributed by atoms with Crippen molar-refractivity contribution in [2.75, 3.05) is 19.3 Å². The Bertz CT molecular complexity index is 402. The van der Waals surface area contributed by atoms with Gasteiger partial charge in [-0.1, -0.05) is 12.2 Å². The van der Waals surface area contributed by atoms with Crippen LogP contribution in [-0.2, 0) is 35.2 Å². The number of carboxylic acid groups (broad SMARTS) is 1. The predicted molar refractivity (Wildman–Crippen MR) is 76.3 cm³/mol. The van der Waals surface area contributed by atoms with E-state index in [2.05, 4.69) is 10.6 Å². The first-order valence-corrected chi connectivity index (χ1v) is 7.25. The first-order valence-electron chi connectivity index (χ1n) is 5.61. The van der Waals surface area contributed by atoms with Gasteiger partial charge in [-0.2, -0.15) is 0 Å². The summed E-state index contributed by atoms with van der Waals surface area (Å²) >= 11 is 6.82. The van der Waals surface area contributed by atoms with Crippen molar-refractivity contribution < 1.29 is 40.3 Å². The van der Waals surface area contributed by atoms with E-state index in [4.69, 9.17) is 17.3 Å². The standard InChI is InChI=1S/C11H16N2O3S2.O.Tc/c1-18-11(17)7-3-2-4-8(7)12-5-6-13-9(14)10(15)16;;/h12H,2-6H2,1H3,(H,13,14)(H,15,16);;/q;-2;+4. The Labute approximate surface area is 140 Å². The third-order valence-electron chi connectivity index (χ3n) is 2.59. The molecule has 0 atom stereocenters. The summed E-state index contributed by atoms with van der Waals surface area (Å²) in [6, 6.07) is 0. The second-order valence-corrected chi connectivity index (χ2v) is 5.27. The van der Waals surface area contributed by atoms with Crippen LogP contribution in [-0.4, -0.2) is 40.5 Å². The van der Waals surface area contributed by atoms with Crippen LogP contribution in [0.1, 0.15) is 19.3 Å². The van der Waals surface area contributed by atoms with Crippen LogP contribution in [0.4, 0.5) is 0 Å². The van der Waals surface area contributed by atoms with Crippen molar-refractivity contribution in [3.8, 4) is 0 Å². The maximum Gasteiger partial charge on any atom is 4.00 e. The Hall–Kier alpha value is -0.471. The molecule has 1 radical (unpaired) electrons. The van der Waals surface area contributed by atoms with Crippen molar-refractivity contribution in [3.05, 3.63) is 11.3 Å². The molecule has 1 aliphatic carbocycles. The maximum absolute atomic E-state index is 10.8. The van der Waals surface area contributed by atoms with Crippen LogP contribution >= 0.6 is 24.0 Å². The molecule has 6 nitrogen and oxygen atoms in total. The topological polar surface area (TPSA) is 107 Å². The SMILES string of the molecule is CSC(=S)C1=C(NCCNC(=O)C(=O)O)CCC1.[O-2].[Tc+4]. The van der Waals surface area contributed by atoms with E-state index in [9.17, 15) is 9.59 Å². The molecule has 111 valence electrons. The minimum atomic E-state index is -1.46. The molecule has 20 heavy (non-hydrogen) atoms. The molecular weight excluding hydrogens is 386 g/mol. The second kappa shape index (κ2) is 11.2. The van der Waals surface area contributed by atoms with Crippen LogP contribution in [0.15, 0.2) is 11.3 Å². The van der Waals surface area contributed by atoms with E-state index in [0.29, 0.717) is 6.54 Å². The maximum atomic E-state index is 10.8. The summed E-state index contributed by atoms with van der Waals surface area (Å²) in [5.74, 6) is -2.43. The van der Waals surface area contributed by atoms with E-state index >= 15 is 0 Å². The number of thiocarbonyl (C=S) groups is 1. The third kappa shape index (κ3) is 6.80. The largest absolute Gasteiger partial charge is 4.00 e. The molecule has 9 heteroatoms. The number of thioether (sulfide) groups is 1. The number of aliphatic carboxylic acids is 1. The molecule has 1 aliphatic rings. The van der Waals surface area contributed by atoms with Crippen molar-refractivity contribution in [3.63, 3.8) is 0 Å². The number of rotatable bonds is 5. The van der Waals surface area contributed by atoms with Gasteiger partial charge in [-0.05, 0) is 31.1 Å². The Morgan fingerprint density at radius 3 is 2.55 bits per heavy atom. The first-order chi connectivity index (χ1) is 8.56. The number of amides is 1. The van der Waals surface area contributed by atoms with Crippen LogP contribution in [0.25, 0.3) is 0 Å². The van der Waals surface area contributed by atoms with E-state index in [0.717, 1.165) is 29.2 Å². The molecule has 0 spiro atoms. The summed E-state index contributed by atoms with van der Waals surface area (Å²) in [7, 11) is 0. The molecule has 0 fully saturated rings. The number of nitrogens with one attached hydrogen (secondary N) is 2. The number of carbonyl (C=O) groups is 2. The molecule has 0 heterocycles. The van der Waals surface area contributed by atoms with E-state index in [-0.39, 0.29) is 32.1 Å². The molecule has 0 aromatic heterocycles. The Morgan fingerprint density at radius 1 is 1.35 bits per heavy atom. The van der Waals surface area contributed by atoms with Crippen molar-refractivity contribution in [1.82, 2.24) is 10.6 Å². The quantitative estimate of drug-likeness (QED) is 0.357. The second-order valence-electron chi connectivity index (χ2n) is 3.79. The summed E-state index contributed by atoms with van der Waals surface area (Å²) in [6.07, 6.45) is 4.99. The van der Waals surface area contributed by atoms with E-state index in [1.165, 1.54) is 5.57 Å².